The zero-order valence-electron chi connectivity index (χ0n) is 12.6. The monoisotopic (exact) mass is 227 g/mol. The molecule has 0 aromatic rings. The lowest BCUT2D eigenvalue weighted by atomic mass is 9.88. The zero-order valence-corrected chi connectivity index (χ0v) is 12.6. The van der Waals surface area contributed by atoms with Crippen LogP contribution in [-0.4, -0.2) is 22.9 Å². The summed E-state index contributed by atoms with van der Waals surface area (Å²) in [7, 11) is 0. The first-order chi connectivity index (χ1) is 6.75. The summed E-state index contributed by atoms with van der Waals surface area (Å²) in [6.45, 7) is 19.6. The van der Waals surface area contributed by atoms with E-state index in [0.717, 1.165) is 6.54 Å². The van der Waals surface area contributed by atoms with Gasteiger partial charge >= 0.3 is 0 Å². The Hall–Kier alpha value is -0.530. The molecule has 0 saturated carbocycles. The molecule has 0 aromatic heterocycles. The molecule has 0 bridgehead atoms. The molecule has 96 valence electrons. The number of carbonyl (C=O) groups excluding carboxylic acids is 1. The van der Waals surface area contributed by atoms with E-state index < -0.39 is 0 Å². The summed E-state index contributed by atoms with van der Waals surface area (Å²) in [5, 5.41) is 0. The Morgan fingerprint density at radius 3 is 1.44 bits per heavy atom. The fourth-order valence-corrected chi connectivity index (χ4v) is 1.49. The third-order valence-electron chi connectivity index (χ3n) is 2.33. The van der Waals surface area contributed by atoms with Gasteiger partial charge in [0.25, 0.3) is 0 Å². The molecule has 0 unspecified atom stereocenters. The van der Waals surface area contributed by atoms with Crippen molar-refractivity contribution in [2.45, 2.75) is 67.9 Å². The normalized spacial score (nSPS) is 13.8. The molecule has 0 spiro atoms. The number of rotatable bonds is 1. The first-order valence-corrected chi connectivity index (χ1v) is 6.07. The highest BCUT2D eigenvalue weighted by molar-refractivity contribution is 5.82. The van der Waals surface area contributed by atoms with Gasteiger partial charge in [-0.15, -0.1) is 0 Å². The van der Waals surface area contributed by atoms with Crippen LogP contribution in [0.2, 0.25) is 0 Å². The van der Waals surface area contributed by atoms with E-state index in [1.807, 2.05) is 25.7 Å². The molecule has 0 radical (unpaired) electrons. The van der Waals surface area contributed by atoms with Gasteiger partial charge in [0.2, 0.25) is 5.91 Å². The molecule has 2 nitrogen and oxygen atoms in total. The summed E-state index contributed by atoms with van der Waals surface area (Å²) in [5.41, 5.74) is -0.287. The van der Waals surface area contributed by atoms with Crippen molar-refractivity contribution in [1.82, 2.24) is 4.90 Å². The van der Waals surface area contributed by atoms with E-state index in [1.54, 1.807) is 0 Å². The van der Waals surface area contributed by atoms with Crippen molar-refractivity contribution in [3.63, 3.8) is 0 Å². The maximum absolute atomic E-state index is 12.4. The van der Waals surface area contributed by atoms with Crippen molar-refractivity contribution in [1.29, 1.82) is 0 Å². The third-order valence-corrected chi connectivity index (χ3v) is 2.33. The van der Waals surface area contributed by atoms with Crippen LogP contribution in [0.1, 0.15) is 62.3 Å². The fourth-order valence-electron chi connectivity index (χ4n) is 1.49. The molecular weight excluding hydrogens is 198 g/mol. The lowest BCUT2D eigenvalue weighted by molar-refractivity contribution is -0.146. The summed E-state index contributed by atoms with van der Waals surface area (Å²) in [6.07, 6.45) is 0. The van der Waals surface area contributed by atoms with Gasteiger partial charge < -0.3 is 4.90 Å². The van der Waals surface area contributed by atoms with Gasteiger partial charge in [-0.2, -0.15) is 0 Å². The molecular formula is C14H29NO. The molecule has 1 amide bonds. The van der Waals surface area contributed by atoms with E-state index >= 15 is 0 Å². The second-order valence-corrected chi connectivity index (χ2v) is 7.87. The van der Waals surface area contributed by atoms with Crippen molar-refractivity contribution < 1.29 is 4.79 Å². The number of carbonyl (C=O) groups is 1. The van der Waals surface area contributed by atoms with Crippen molar-refractivity contribution >= 4 is 5.91 Å². The number of hydrogen-bond acceptors (Lipinski definition) is 1. The van der Waals surface area contributed by atoms with Crippen molar-refractivity contribution in [2.75, 3.05) is 6.54 Å². The highest BCUT2D eigenvalue weighted by Crippen LogP contribution is 2.28. The molecule has 0 rings (SSSR count). The molecule has 0 aromatic carbocycles. The van der Waals surface area contributed by atoms with Gasteiger partial charge in [0.05, 0.1) is 0 Å². The average molecular weight is 227 g/mol. The Kier molecular flexibility index (Phi) is 4.24. The van der Waals surface area contributed by atoms with Gasteiger partial charge in [0.1, 0.15) is 0 Å². The van der Waals surface area contributed by atoms with Crippen LogP contribution < -0.4 is 0 Å². The standard InChI is InChI=1S/C14H29NO/c1-12(2,3)10-15(14(7,8)9)11(16)13(4,5)6/h10H2,1-9H3. The summed E-state index contributed by atoms with van der Waals surface area (Å²) >= 11 is 0. The average Bonchev–Trinajstić information content (AvgIpc) is 1.93. The molecule has 0 aliphatic rings. The Morgan fingerprint density at radius 1 is 0.875 bits per heavy atom. The van der Waals surface area contributed by atoms with E-state index in [0.29, 0.717) is 0 Å². The van der Waals surface area contributed by atoms with Gasteiger partial charge in [-0.3, -0.25) is 4.79 Å². The molecule has 16 heavy (non-hydrogen) atoms. The minimum absolute atomic E-state index is 0.113. The Morgan fingerprint density at radius 2 is 1.25 bits per heavy atom. The van der Waals surface area contributed by atoms with Crippen LogP contribution in [0, 0.1) is 10.8 Å². The van der Waals surface area contributed by atoms with Gasteiger partial charge in [0.15, 0.2) is 0 Å². The van der Waals surface area contributed by atoms with E-state index in [4.69, 9.17) is 0 Å². The highest BCUT2D eigenvalue weighted by atomic mass is 16.2. The first kappa shape index (κ1) is 15.5. The minimum atomic E-state index is -0.307. The first-order valence-electron chi connectivity index (χ1n) is 6.07. The van der Waals surface area contributed by atoms with Crippen LogP contribution in [0.25, 0.3) is 0 Å². The number of hydrogen-bond donors (Lipinski definition) is 0. The maximum atomic E-state index is 12.4. The van der Waals surface area contributed by atoms with Crippen LogP contribution in [0.15, 0.2) is 0 Å². The molecule has 0 heterocycles. The zero-order chi connectivity index (χ0) is 13.4. The van der Waals surface area contributed by atoms with E-state index in [-0.39, 0.29) is 22.3 Å². The summed E-state index contributed by atoms with van der Waals surface area (Å²) in [5.74, 6) is 0.231. The van der Waals surface area contributed by atoms with Gasteiger partial charge in [-0.25, -0.2) is 0 Å². The number of nitrogens with zero attached hydrogens (tertiary/aromatic N) is 1. The van der Waals surface area contributed by atoms with E-state index in [1.165, 1.54) is 0 Å². The fraction of sp³-hybridized carbons (Fsp3) is 0.929. The molecule has 0 saturated heterocycles. The summed E-state index contributed by atoms with van der Waals surface area (Å²) in [6, 6.07) is 0. The van der Waals surface area contributed by atoms with Crippen LogP contribution in [0.5, 0.6) is 0 Å². The van der Waals surface area contributed by atoms with E-state index in [2.05, 4.69) is 41.5 Å². The van der Waals surface area contributed by atoms with Crippen LogP contribution in [0.3, 0.4) is 0 Å². The topological polar surface area (TPSA) is 20.3 Å². The highest BCUT2D eigenvalue weighted by Gasteiger charge is 2.35. The largest absolute Gasteiger partial charge is 0.337 e. The summed E-state index contributed by atoms with van der Waals surface area (Å²) in [4.78, 5) is 14.4. The van der Waals surface area contributed by atoms with Crippen molar-refractivity contribution in [3.05, 3.63) is 0 Å². The lowest BCUT2D eigenvalue weighted by Gasteiger charge is -2.43. The van der Waals surface area contributed by atoms with Gasteiger partial charge in [-0.1, -0.05) is 41.5 Å². The van der Waals surface area contributed by atoms with Crippen LogP contribution in [0.4, 0.5) is 0 Å². The SMILES string of the molecule is CC(C)(C)CN(C(=O)C(C)(C)C)C(C)(C)C. The second-order valence-electron chi connectivity index (χ2n) is 7.87. The van der Waals surface area contributed by atoms with Gasteiger partial charge in [0, 0.05) is 17.5 Å². The molecule has 0 atom stereocenters. The molecule has 2 heteroatoms. The Labute approximate surface area is 101 Å². The molecule has 0 aliphatic carbocycles. The lowest BCUT2D eigenvalue weighted by Crippen LogP contribution is -2.53. The second kappa shape index (κ2) is 4.38. The van der Waals surface area contributed by atoms with E-state index in [9.17, 15) is 4.79 Å². The minimum Gasteiger partial charge on any atom is -0.337 e. The Balaban J connectivity index is 5.06. The van der Waals surface area contributed by atoms with Gasteiger partial charge in [-0.05, 0) is 26.2 Å². The quantitative estimate of drug-likeness (QED) is 0.669. The molecule has 0 N–H and O–H groups in total. The molecule has 0 aliphatic heterocycles. The predicted octanol–water partition coefficient (Wildman–Crippen LogP) is 3.71. The molecule has 0 fully saturated rings. The maximum Gasteiger partial charge on any atom is 0.228 e. The van der Waals surface area contributed by atoms with Crippen LogP contribution >= 0.6 is 0 Å². The predicted molar refractivity (Wildman–Crippen MR) is 70.4 cm³/mol. The number of amides is 1. The Bertz CT molecular complexity index is 247. The smallest absolute Gasteiger partial charge is 0.228 e. The third kappa shape index (κ3) is 5.00. The van der Waals surface area contributed by atoms with Crippen LogP contribution in [-0.2, 0) is 4.79 Å². The van der Waals surface area contributed by atoms with Crippen molar-refractivity contribution in [2.24, 2.45) is 10.8 Å². The van der Waals surface area contributed by atoms with Crippen molar-refractivity contribution in [3.8, 4) is 0 Å². The summed E-state index contributed by atoms with van der Waals surface area (Å²) < 4.78 is 0.